The molecule has 0 radical (unpaired) electrons. The Morgan fingerprint density at radius 1 is 1.26 bits per heavy atom. The van der Waals surface area contributed by atoms with Crippen molar-refractivity contribution in [2.24, 2.45) is 0 Å². The van der Waals surface area contributed by atoms with Gasteiger partial charge in [-0.25, -0.2) is 18.4 Å². The van der Waals surface area contributed by atoms with E-state index in [1.807, 2.05) is 24.1 Å². The van der Waals surface area contributed by atoms with E-state index in [9.17, 15) is 8.42 Å². The zero-order chi connectivity index (χ0) is 16.4. The van der Waals surface area contributed by atoms with Gasteiger partial charge in [0.1, 0.15) is 18.0 Å². The molecule has 3 rings (SSSR count). The molecule has 6 nitrogen and oxygen atoms in total. The number of hydrogen-bond acceptors (Lipinski definition) is 6. The molecule has 1 aliphatic rings. The zero-order valence-electron chi connectivity index (χ0n) is 12.6. The van der Waals surface area contributed by atoms with Gasteiger partial charge in [-0.1, -0.05) is 11.6 Å². The highest BCUT2D eigenvalue weighted by Crippen LogP contribution is 2.24. The van der Waals surface area contributed by atoms with Gasteiger partial charge in [-0.05, 0) is 30.7 Å². The van der Waals surface area contributed by atoms with E-state index in [1.165, 1.54) is 6.33 Å². The second kappa shape index (κ2) is 6.33. The Morgan fingerprint density at radius 3 is 2.65 bits per heavy atom. The van der Waals surface area contributed by atoms with Crippen LogP contribution in [0.4, 0.5) is 17.3 Å². The van der Waals surface area contributed by atoms with Crippen molar-refractivity contribution in [1.29, 1.82) is 0 Å². The summed E-state index contributed by atoms with van der Waals surface area (Å²) in [5.41, 5.74) is 0.866. The first-order valence-corrected chi connectivity index (χ1v) is 9.41. The summed E-state index contributed by atoms with van der Waals surface area (Å²) in [5, 5.41) is 3.85. The van der Waals surface area contributed by atoms with Crippen LogP contribution in [0.1, 0.15) is 6.42 Å². The summed E-state index contributed by atoms with van der Waals surface area (Å²) < 4.78 is 23.3. The predicted molar refractivity (Wildman–Crippen MR) is 92.2 cm³/mol. The standard InChI is InChI=1S/C15H17ClN4O2S/c1-20(13-6-7-23(21,22)9-13)15-8-14(17-10-18-15)19-12-4-2-11(16)3-5-12/h2-5,8,10,13H,6-7,9H2,1H3,(H,17,18,19). The van der Waals surface area contributed by atoms with Gasteiger partial charge in [-0.3, -0.25) is 0 Å². The van der Waals surface area contributed by atoms with E-state index in [1.54, 1.807) is 18.2 Å². The van der Waals surface area contributed by atoms with Crippen LogP contribution < -0.4 is 10.2 Å². The van der Waals surface area contributed by atoms with Crippen LogP contribution in [0.25, 0.3) is 0 Å². The lowest BCUT2D eigenvalue weighted by atomic mass is 10.2. The summed E-state index contributed by atoms with van der Waals surface area (Å²) >= 11 is 5.87. The van der Waals surface area contributed by atoms with Crippen LogP contribution in [-0.2, 0) is 9.84 Å². The molecule has 0 saturated carbocycles. The van der Waals surface area contributed by atoms with Gasteiger partial charge in [0.15, 0.2) is 9.84 Å². The van der Waals surface area contributed by atoms with Crippen LogP contribution >= 0.6 is 11.6 Å². The van der Waals surface area contributed by atoms with Gasteiger partial charge in [0.05, 0.1) is 11.5 Å². The Balaban J connectivity index is 1.75. The molecule has 2 aromatic rings. The van der Waals surface area contributed by atoms with Gasteiger partial charge in [0, 0.05) is 29.9 Å². The normalized spacial score (nSPS) is 19.5. The highest BCUT2D eigenvalue weighted by Gasteiger charge is 2.31. The van der Waals surface area contributed by atoms with Crippen molar-refractivity contribution in [2.75, 3.05) is 28.8 Å². The van der Waals surface area contributed by atoms with Crippen LogP contribution in [0.3, 0.4) is 0 Å². The van der Waals surface area contributed by atoms with E-state index in [4.69, 9.17) is 11.6 Å². The molecule has 1 atom stereocenters. The predicted octanol–water partition coefficient (Wildman–Crippen LogP) is 2.50. The summed E-state index contributed by atoms with van der Waals surface area (Å²) in [7, 11) is -1.06. The van der Waals surface area contributed by atoms with Crippen LogP contribution in [0, 0.1) is 0 Å². The minimum absolute atomic E-state index is 0.0433. The largest absolute Gasteiger partial charge is 0.355 e. The number of rotatable bonds is 4. The molecule has 1 saturated heterocycles. The molecule has 0 amide bonds. The number of sulfone groups is 1. The maximum Gasteiger partial charge on any atom is 0.152 e. The lowest BCUT2D eigenvalue weighted by Crippen LogP contribution is -2.33. The monoisotopic (exact) mass is 352 g/mol. The second-order valence-corrected chi connectivity index (χ2v) is 8.23. The van der Waals surface area contributed by atoms with Gasteiger partial charge in [0.2, 0.25) is 0 Å². The first-order chi connectivity index (χ1) is 10.9. The van der Waals surface area contributed by atoms with Crippen molar-refractivity contribution in [1.82, 2.24) is 9.97 Å². The molecule has 122 valence electrons. The van der Waals surface area contributed by atoms with Crippen LogP contribution in [0.2, 0.25) is 5.02 Å². The fourth-order valence-electron chi connectivity index (χ4n) is 2.56. The Kier molecular flexibility index (Phi) is 4.41. The lowest BCUT2D eigenvalue weighted by Gasteiger charge is -2.24. The van der Waals surface area contributed by atoms with Crippen molar-refractivity contribution in [2.45, 2.75) is 12.5 Å². The molecule has 1 N–H and O–H groups in total. The second-order valence-electron chi connectivity index (χ2n) is 5.56. The van der Waals surface area contributed by atoms with Crippen LogP contribution in [-0.4, -0.2) is 43.0 Å². The van der Waals surface area contributed by atoms with Crippen molar-refractivity contribution in [3.05, 3.63) is 41.7 Å². The molecule has 1 unspecified atom stereocenters. The fourth-order valence-corrected chi connectivity index (χ4v) is 4.46. The summed E-state index contributed by atoms with van der Waals surface area (Å²) in [4.78, 5) is 10.3. The van der Waals surface area contributed by atoms with Crippen molar-refractivity contribution in [3.63, 3.8) is 0 Å². The summed E-state index contributed by atoms with van der Waals surface area (Å²) in [6.07, 6.45) is 2.09. The Hall–Kier alpha value is -1.86. The Morgan fingerprint density at radius 2 is 2.00 bits per heavy atom. The zero-order valence-corrected chi connectivity index (χ0v) is 14.2. The van der Waals surface area contributed by atoms with E-state index in [0.29, 0.717) is 23.1 Å². The average Bonchev–Trinajstić information content (AvgIpc) is 2.89. The van der Waals surface area contributed by atoms with Gasteiger partial charge < -0.3 is 10.2 Å². The molecular weight excluding hydrogens is 336 g/mol. The van der Waals surface area contributed by atoms with Crippen LogP contribution in [0.15, 0.2) is 36.7 Å². The van der Waals surface area contributed by atoms with Gasteiger partial charge >= 0.3 is 0 Å². The van der Waals surface area contributed by atoms with E-state index in [2.05, 4.69) is 15.3 Å². The van der Waals surface area contributed by atoms with Gasteiger partial charge in [0.25, 0.3) is 0 Å². The van der Waals surface area contributed by atoms with Gasteiger partial charge in [-0.2, -0.15) is 0 Å². The highest BCUT2D eigenvalue weighted by molar-refractivity contribution is 7.91. The van der Waals surface area contributed by atoms with Gasteiger partial charge in [-0.15, -0.1) is 0 Å². The van der Waals surface area contributed by atoms with Crippen molar-refractivity contribution >= 4 is 38.8 Å². The molecule has 0 spiro atoms. The van der Waals surface area contributed by atoms with Crippen molar-refractivity contribution < 1.29 is 8.42 Å². The van der Waals surface area contributed by atoms with E-state index >= 15 is 0 Å². The third kappa shape index (κ3) is 3.92. The number of nitrogens with one attached hydrogen (secondary N) is 1. The number of halogens is 1. The number of nitrogens with zero attached hydrogens (tertiary/aromatic N) is 3. The molecular formula is C15H17ClN4O2S. The summed E-state index contributed by atoms with van der Waals surface area (Å²) in [5.74, 6) is 1.75. The first-order valence-electron chi connectivity index (χ1n) is 7.21. The fraction of sp³-hybridized carbons (Fsp3) is 0.333. The third-order valence-corrected chi connectivity index (χ3v) is 5.89. The topological polar surface area (TPSA) is 75.2 Å². The Labute approximate surface area is 140 Å². The molecule has 1 aromatic carbocycles. The maximum absolute atomic E-state index is 11.6. The lowest BCUT2D eigenvalue weighted by molar-refractivity contribution is 0.600. The first kappa shape index (κ1) is 16.0. The minimum atomic E-state index is -2.92. The highest BCUT2D eigenvalue weighted by atomic mass is 35.5. The minimum Gasteiger partial charge on any atom is -0.355 e. The molecule has 0 aliphatic carbocycles. The number of benzene rings is 1. The molecule has 0 bridgehead atoms. The van der Waals surface area contributed by atoms with Crippen LogP contribution in [0.5, 0.6) is 0 Å². The van der Waals surface area contributed by atoms with E-state index in [-0.39, 0.29) is 17.5 Å². The Bertz CT molecular complexity index is 795. The summed E-state index contributed by atoms with van der Waals surface area (Å²) in [6, 6.07) is 9.07. The molecule has 8 heteroatoms. The smallest absolute Gasteiger partial charge is 0.152 e. The van der Waals surface area contributed by atoms with E-state index < -0.39 is 9.84 Å². The number of anilines is 3. The van der Waals surface area contributed by atoms with Crippen molar-refractivity contribution in [3.8, 4) is 0 Å². The molecule has 2 heterocycles. The number of aromatic nitrogens is 2. The third-order valence-electron chi connectivity index (χ3n) is 3.89. The molecule has 1 aliphatic heterocycles. The maximum atomic E-state index is 11.6. The molecule has 1 fully saturated rings. The van der Waals surface area contributed by atoms with E-state index in [0.717, 1.165) is 5.69 Å². The summed E-state index contributed by atoms with van der Waals surface area (Å²) in [6.45, 7) is 0. The quantitative estimate of drug-likeness (QED) is 0.911. The average molecular weight is 353 g/mol. The number of hydrogen-bond donors (Lipinski definition) is 1. The molecule has 23 heavy (non-hydrogen) atoms. The SMILES string of the molecule is CN(c1cc(Nc2ccc(Cl)cc2)ncn1)C1CCS(=O)(=O)C1. The molecule has 1 aromatic heterocycles.